The Balaban J connectivity index is 1.34. The van der Waals surface area contributed by atoms with E-state index in [-0.39, 0.29) is 5.92 Å². The molecule has 2 saturated carbocycles. The molecule has 1 unspecified atom stereocenters. The number of aliphatic hydroxyl groups is 1. The van der Waals surface area contributed by atoms with E-state index in [0.29, 0.717) is 35.6 Å². The van der Waals surface area contributed by atoms with Crippen molar-refractivity contribution in [2.75, 3.05) is 13.1 Å². The van der Waals surface area contributed by atoms with Crippen LogP contribution in [0.1, 0.15) is 50.5 Å². The number of aromatic amines is 1. The minimum Gasteiger partial charge on any atom is -0.385 e. The zero-order chi connectivity index (χ0) is 18.6. The van der Waals surface area contributed by atoms with Crippen molar-refractivity contribution in [1.29, 1.82) is 0 Å². The van der Waals surface area contributed by atoms with Crippen molar-refractivity contribution in [2.24, 2.45) is 17.8 Å². The second-order valence-corrected chi connectivity index (χ2v) is 9.26. The van der Waals surface area contributed by atoms with Gasteiger partial charge in [-0.3, -0.25) is 9.89 Å². The fourth-order valence-electron chi connectivity index (χ4n) is 5.76. The molecule has 3 fully saturated rings. The Kier molecular flexibility index (Phi) is 4.21. The van der Waals surface area contributed by atoms with Crippen molar-refractivity contribution in [3.63, 3.8) is 0 Å². The van der Waals surface area contributed by atoms with Gasteiger partial charge in [0.25, 0.3) is 0 Å². The highest BCUT2D eigenvalue weighted by Gasteiger charge is 2.51. The molecular formula is C21H26ClN3O2. The number of hydrogen-bond donors (Lipinski definition) is 2. The SMILES string of the molecule is O=C(C1CCCCC1)N1C[C@@H]2CC(O)(c3cc(Cl)cc4[nH]ncc34)C[C@@H]2C1. The number of carbonyl (C=O) groups excluding carboxylic acids is 1. The van der Waals surface area contributed by atoms with Crippen LogP contribution in [-0.2, 0) is 10.4 Å². The van der Waals surface area contributed by atoms with Gasteiger partial charge in [0.2, 0.25) is 5.91 Å². The molecule has 3 atom stereocenters. The highest BCUT2D eigenvalue weighted by atomic mass is 35.5. The molecule has 5 nitrogen and oxygen atoms in total. The van der Waals surface area contributed by atoms with Crippen LogP contribution >= 0.6 is 11.6 Å². The molecule has 6 heteroatoms. The molecule has 2 N–H and O–H groups in total. The minimum atomic E-state index is -0.887. The lowest BCUT2D eigenvalue weighted by molar-refractivity contribution is -0.136. The lowest BCUT2D eigenvalue weighted by Gasteiger charge is -2.29. The van der Waals surface area contributed by atoms with Crippen LogP contribution in [0.4, 0.5) is 0 Å². The van der Waals surface area contributed by atoms with Crippen molar-refractivity contribution < 1.29 is 9.90 Å². The van der Waals surface area contributed by atoms with Gasteiger partial charge in [0.05, 0.1) is 17.3 Å². The molecule has 0 bridgehead atoms. The molecule has 1 amide bonds. The van der Waals surface area contributed by atoms with E-state index in [1.54, 1.807) is 6.20 Å². The van der Waals surface area contributed by atoms with Gasteiger partial charge >= 0.3 is 0 Å². The largest absolute Gasteiger partial charge is 0.385 e. The van der Waals surface area contributed by atoms with E-state index in [1.807, 2.05) is 12.1 Å². The molecule has 1 saturated heterocycles. The molecule has 144 valence electrons. The summed E-state index contributed by atoms with van der Waals surface area (Å²) in [5.74, 6) is 1.31. The number of likely N-dealkylation sites (tertiary alicyclic amines) is 1. The van der Waals surface area contributed by atoms with Crippen LogP contribution in [0.25, 0.3) is 10.9 Å². The number of amides is 1. The minimum absolute atomic E-state index is 0.231. The Hall–Kier alpha value is -1.59. The Morgan fingerprint density at radius 3 is 2.59 bits per heavy atom. The highest BCUT2D eigenvalue weighted by molar-refractivity contribution is 6.31. The molecule has 0 radical (unpaired) electrons. The van der Waals surface area contributed by atoms with Gasteiger partial charge in [-0.25, -0.2) is 0 Å². The number of nitrogens with one attached hydrogen (secondary N) is 1. The number of fused-ring (bicyclic) bond motifs is 2. The molecule has 1 aromatic heterocycles. The first kappa shape index (κ1) is 17.5. The second kappa shape index (κ2) is 6.49. The lowest BCUT2D eigenvalue weighted by Crippen LogP contribution is -2.37. The van der Waals surface area contributed by atoms with E-state index in [1.165, 1.54) is 19.3 Å². The van der Waals surface area contributed by atoms with Crippen molar-refractivity contribution in [3.05, 3.63) is 28.9 Å². The maximum Gasteiger partial charge on any atom is 0.225 e. The quantitative estimate of drug-likeness (QED) is 0.822. The van der Waals surface area contributed by atoms with Crippen molar-refractivity contribution in [1.82, 2.24) is 15.1 Å². The monoisotopic (exact) mass is 387 g/mol. The number of nitrogens with zero attached hydrogens (tertiary/aromatic N) is 2. The summed E-state index contributed by atoms with van der Waals surface area (Å²) in [5.41, 5.74) is 0.845. The Bertz CT molecular complexity index is 859. The average molecular weight is 388 g/mol. The fraction of sp³-hybridized carbons (Fsp3) is 0.619. The number of aromatic nitrogens is 2. The van der Waals surface area contributed by atoms with E-state index >= 15 is 0 Å². The topological polar surface area (TPSA) is 69.2 Å². The first-order valence-electron chi connectivity index (χ1n) is 10.2. The van der Waals surface area contributed by atoms with Crippen LogP contribution in [0.3, 0.4) is 0 Å². The molecule has 2 aliphatic carbocycles. The molecule has 0 spiro atoms. The maximum atomic E-state index is 12.9. The van der Waals surface area contributed by atoms with E-state index < -0.39 is 5.60 Å². The number of halogens is 1. The molecule has 2 heterocycles. The van der Waals surface area contributed by atoms with E-state index in [9.17, 15) is 9.90 Å². The third-order valence-electron chi connectivity index (χ3n) is 7.07. The number of benzene rings is 1. The average Bonchev–Trinajstić information content (AvgIpc) is 3.34. The summed E-state index contributed by atoms with van der Waals surface area (Å²) in [6.07, 6.45) is 8.89. The number of hydrogen-bond acceptors (Lipinski definition) is 3. The Morgan fingerprint density at radius 1 is 1.19 bits per heavy atom. The zero-order valence-electron chi connectivity index (χ0n) is 15.5. The zero-order valence-corrected chi connectivity index (χ0v) is 16.2. The van der Waals surface area contributed by atoms with Gasteiger partial charge in [0.15, 0.2) is 0 Å². The first-order chi connectivity index (χ1) is 13.0. The van der Waals surface area contributed by atoms with Crippen LogP contribution in [0.15, 0.2) is 18.3 Å². The second-order valence-electron chi connectivity index (χ2n) is 8.82. The van der Waals surface area contributed by atoms with E-state index in [4.69, 9.17) is 11.6 Å². The Labute approximate surface area is 164 Å². The van der Waals surface area contributed by atoms with E-state index in [0.717, 1.165) is 42.4 Å². The molecule has 2 aromatic rings. The third kappa shape index (κ3) is 2.95. The predicted molar refractivity (Wildman–Crippen MR) is 104 cm³/mol. The smallest absolute Gasteiger partial charge is 0.225 e. The van der Waals surface area contributed by atoms with Gasteiger partial charge < -0.3 is 10.0 Å². The molecule has 5 rings (SSSR count). The third-order valence-corrected chi connectivity index (χ3v) is 7.29. The first-order valence-corrected chi connectivity index (χ1v) is 10.6. The standard InChI is InChI=1S/C21H26ClN3O2/c22-16-6-18(17-10-23-24-19(17)7-16)21(27)8-14-11-25(12-15(14)9-21)20(26)13-4-2-1-3-5-13/h6-7,10,13-15,27H,1-5,8-9,11-12H2,(H,23,24)/t14-,15+,21?. The number of H-pyrrole nitrogens is 1. The van der Waals surface area contributed by atoms with Gasteiger partial charge in [-0.05, 0) is 55.2 Å². The number of rotatable bonds is 2. The maximum absolute atomic E-state index is 12.9. The Morgan fingerprint density at radius 2 is 1.89 bits per heavy atom. The molecular weight excluding hydrogens is 362 g/mol. The van der Waals surface area contributed by atoms with Crippen molar-refractivity contribution >= 4 is 28.4 Å². The van der Waals surface area contributed by atoms with Crippen LogP contribution in [-0.4, -0.2) is 39.2 Å². The molecule has 27 heavy (non-hydrogen) atoms. The van der Waals surface area contributed by atoms with Crippen LogP contribution in [0, 0.1) is 17.8 Å². The van der Waals surface area contributed by atoms with E-state index in [2.05, 4.69) is 15.1 Å². The van der Waals surface area contributed by atoms with Gasteiger partial charge in [-0.1, -0.05) is 30.9 Å². The summed E-state index contributed by atoms with van der Waals surface area (Å²) in [5, 5.41) is 20.1. The van der Waals surface area contributed by atoms with Crippen LogP contribution in [0.5, 0.6) is 0 Å². The summed E-state index contributed by atoms with van der Waals surface area (Å²) in [6, 6.07) is 3.72. The summed E-state index contributed by atoms with van der Waals surface area (Å²) in [4.78, 5) is 15.0. The van der Waals surface area contributed by atoms with Gasteiger partial charge in [0, 0.05) is 29.4 Å². The molecule has 3 aliphatic rings. The summed E-state index contributed by atoms with van der Waals surface area (Å²) >= 11 is 6.28. The molecule has 1 aliphatic heterocycles. The van der Waals surface area contributed by atoms with Crippen molar-refractivity contribution in [3.8, 4) is 0 Å². The lowest BCUT2D eigenvalue weighted by atomic mass is 9.87. The summed E-state index contributed by atoms with van der Waals surface area (Å²) in [7, 11) is 0. The van der Waals surface area contributed by atoms with Gasteiger partial charge in [-0.15, -0.1) is 0 Å². The summed E-state index contributed by atoms with van der Waals surface area (Å²) < 4.78 is 0. The molecule has 1 aromatic carbocycles. The normalized spacial score (nSPS) is 31.6. The van der Waals surface area contributed by atoms with Gasteiger partial charge in [-0.2, -0.15) is 5.10 Å². The van der Waals surface area contributed by atoms with Crippen molar-refractivity contribution in [2.45, 2.75) is 50.5 Å². The van der Waals surface area contributed by atoms with Crippen LogP contribution in [0.2, 0.25) is 5.02 Å². The fourth-order valence-corrected chi connectivity index (χ4v) is 5.98. The van der Waals surface area contributed by atoms with Gasteiger partial charge in [0.1, 0.15) is 0 Å². The highest BCUT2D eigenvalue weighted by Crippen LogP contribution is 2.51. The van der Waals surface area contributed by atoms with Crippen LogP contribution < -0.4 is 0 Å². The number of carbonyl (C=O) groups is 1. The predicted octanol–water partition coefficient (Wildman–Crippen LogP) is 3.85. The summed E-state index contributed by atoms with van der Waals surface area (Å²) in [6.45, 7) is 1.58.